The van der Waals surface area contributed by atoms with Gasteiger partial charge in [0.1, 0.15) is 6.61 Å². The minimum Gasteiger partial charge on any atom is -0.445 e. The summed E-state index contributed by atoms with van der Waals surface area (Å²) in [5.41, 5.74) is 0.974. The summed E-state index contributed by atoms with van der Waals surface area (Å²) < 4.78 is 11.4. The van der Waals surface area contributed by atoms with Crippen molar-refractivity contribution in [1.29, 1.82) is 0 Å². The molecule has 8 heteroatoms. The number of carbonyl (C=O) groups is 1. The predicted molar refractivity (Wildman–Crippen MR) is 101 cm³/mol. The van der Waals surface area contributed by atoms with Crippen molar-refractivity contribution in [3.8, 4) is 0 Å². The number of rotatable bonds is 3. The first kappa shape index (κ1) is 18.0. The van der Waals surface area contributed by atoms with Crippen molar-refractivity contribution in [3.63, 3.8) is 0 Å². The zero-order valence-corrected chi connectivity index (χ0v) is 15.6. The van der Waals surface area contributed by atoms with E-state index >= 15 is 0 Å². The zero-order chi connectivity index (χ0) is 18.6. The van der Waals surface area contributed by atoms with Gasteiger partial charge in [-0.25, -0.2) is 4.79 Å². The summed E-state index contributed by atoms with van der Waals surface area (Å²) in [4.78, 5) is 16.4. The maximum atomic E-state index is 12.4. The van der Waals surface area contributed by atoms with Gasteiger partial charge in [0, 0.05) is 13.1 Å². The second-order valence-corrected chi connectivity index (χ2v) is 7.05. The van der Waals surface area contributed by atoms with Gasteiger partial charge in [-0.3, -0.25) is 0 Å². The number of hydrogen-bond acceptors (Lipinski definition) is 6. The molecule has 2 atom stereocenters. The van der Waals surface area contributed by atoms with E-state index < -0.39 is 0 Å². The third kappa shape index (κ3) is 4.14. The molecule has 1 amide bonds. The van der Waals surface area contributed by atoms with Gasteiger partial charge in [-0.2, -0.15) is 0 Å². The van der Waals surface area contributed by atoms with Gasteiger partial charge in [-0.15, -0.1) is 10.2 Å². The normalized spacial score (nSPS) is 22.3. The van der Waals surface area contributed by atoms with Crippen LogP contribution in [0.25, 0.3) is 0 Å². The molecule has 0 spiro atoms. The number of fused-ring (bicyclic) bond motifs is 1. The van der Waals surface area contributed by atoms with Crippen LogP contribution >= 0.6 is 11.6 Å². The number of hydrogen-bond donors (Lipinski definition) is 0. The van der Waals surface area contributed by atoms with E-state index in [4.69, 9.17) is 21.1 Å². The van der Waals surface area contributed by atoms with Crippen LogP contribution in [0.5, 0.6) is 0 Å². The minimum atomic E-state index is -0.302. The first-order valence-corrected chi connectivity index (χ1v) is 9.41. The molecular weight excluding hydrogens is 368 g/mol. The van der Waals surface area contributed by atoms with Crippen LogP contribution in [0.1, 0.15) is 12.0 Å². The molecule has 0 bridgehead atoms. The number of nitrogens with zero attached hydrogens (tertiary/aromatic N) is 4. The van der Waals surface area contributed by atoms with Crippen LogP contribution in [0.2, 0.25) is 5.15 Å². The summed E-state index contributed by atoms with van der Waals surface area (Å²) in [6.07, 6.45) is 0.411. The molecule has 0 N–H and O–H groups in total. The molecule has 2 saturated heterocycles. The Morgan fingerprint density at radius 2 is 2.04 bits per heavy atom. The topological polar surface area (TPSA) is 67.8 Å². The summed E-state index contributed by atoms with van der Waals surface area (Å²) in [5.74, 6) is 0.790. The van der Waals surface area contributed by atoms with Crippen LogP contribution in [0.3, 0.4) is 0 Å². The molecule has 3 heterocycles. The SMILES string of the molecule is O=C(OCc1ccccc1)N1CC[C@H]2[C@@H](C1)OCCN2c1ccc(Cl)nn1. The fourth-order valence-corrected chi connectivity index (χ4v) is 3.72. The Kier molecular flexibility index (Phi) is 5.40. The van der Waals surface area contributed by atoms with Gasteiger partial charge in [-0.05, 0) is 24.1 Å². The molecule has 2 fully saturated rings. The van der Waals surface area contributed by atoms with E-state index in [0.717, 1.165) is 24.3 Å². The van der Waals surface area contributed by atoms with E-state index in [1.165, 1.54) is 0 Å². The molecule has 27 heavy (non-hydrogen) atoms. The lowest BCUT2D eigenvalue weighted by Crippen LogP contribution is -2.60. The van der Waals surface area contributed by atoms with Crippen LogP contribution in [-0.4, -0.2) is 59.6 Å². The number of piperidine rings is 1. The molecule has 1 aromatic heterocycles. The number of benzene rings is 1. The minimum absolute atomic E-state index is 0.0748. The van der Waals surface area contributed by atoms with E-state index in [2.05, 4.69) is 15.1 Å². The Labute approximate surface area is 162 Å². The smallest absolute Gasteiger partial charge is 0.410 e. The predicted octanol–water partition coefficient (Wildman–Crippen LogP) is 2.75. The fraction of sp³-hybridized carbons (Fsp3) is 0.421. The zero-order valence-electron chi connectivity index (χ0n) is 14.8. The third-order valence-corrected chi connectivity index (χ3v) is 5.17. The van der Waals surface area contributed by atoms with E-state index in [1.54, 1.807) is 11.0 Å². The molecule has 4 rings (SSSR count). The molecule has 0 aliphatic carbocycles. The number of likely N-dealkylation sites (tertiary alicyclic amines) is 1. The lowest BCUT2D eigenvalue weighted by Gasteiger charge is -2.46. The second kappa shape index (κ2) is 8.10. The van der Waals surface area contributed by atoms with Crippen molar-refractivity contribution in [2.75, 3.05) is 31.1 Å². The first-order chi connectivity index (χ1) is 13.2. The van der Waals surface area contributed by atoms with Gasteiger partial charge in [-0.1, -0.05) is 41.9 Å². The molecule has 0 unspecified atom stereocenters. The Morgan fingerprint density at radius 1 is 1.19 bits per heavy atom. The summed E-state index contributed by atoms with van der Waals surface area (Å²) in [7, 11) is 0. The van der Waals surface area contributed by atoms with E-state index in [0.29, 0.717) is 24.8 Å². The molecule has 0 radical (unpaired) electrons. The van der Waals surface area contributed by atoms with Crippen molar-refractivity contribution in [2.24, 2.45) is 0 Å². The fourth-order valence-electron chi connectivity index (χ4n) is 3.62. The average molecular weight is 389 g/mol. The Hall–Kier alpha value is -2.38. The van der Waals surface area contributed by atoms with Gasteiger partial charge in [0.25, 0.3) is 0 Å². The van der Waals surface area contributed by atoms with E-state index in [9.17, 15) is 4.79 Å². The van der Waals surface area contributed by atoms with Crippen LogP contribution in [0.15, 0.2) is 42.5 Å². The second-order valence-electron chi connectivity index (χ2n) is 6.66. The summed E-state index contributed by atoms with van der Waals surface area (Å²) in [6.45, 7) is 2.73. The first-order valence-electron chi connectivity index (χ1n) is 9.04. The standard InChI is InChI=1S/C19H21ClN4O3/c20-17-6-7-18(22-21-17)24-10-11-26-16-12-23(9-8-15(16)24)19(25)27-13-14-4-2-1-3-5-14/h1-7,15-16H,8-13H2/t15-,16+/m0/s1. The van der Waals surface area contributed by atoms with Crippen LogP contribution in [0.4, 0.5) is 10.6 Å². The quantitative estimate of drug-likeness (QED) is 0.805. The van der Waals surface area contributed by atoms with Gasteiger partial charge in [0.2, 0.25) is 0 Å². The Bertz CT molecular complexity index is 774. The van der Waals surface area contributed by atoms with E-state index in [-0.39, 0.29) is 24.8 Å². The number of carbonyl (C=O) groups excluding carboxylic acids is 1. The van der Waals surface area contributed by atoms with Crippen molar-refractivity contribution in [1.82, 2.24) is 15.1 Å². The Balaban J connectivity index is 1.36. The number of anilines is 1. The highest BCUT2D eigenvalue weighted by molar-refractivity contribution is 6.29. The van der Waals surface area contributed by atoms with Crippen LogP contribution < -0.4 is 4.90 Å². The number of amides is 1. The molecule has 1 aromatic carbocycles. The van der Waals surface area contributed by atoms with Crippen molar-refractivity contribution in [2.45, 2.75) is 25.2 Å². The highest BCUT2D eigenvalue weighted by Crippen LogP contribution is 2.27. The largest absolute Gasteiger partial charge is 0.445 e. The van der Waals surface area contributed by atoms with Gasteiger partial charge >= 0.3 is 6.09 Å². The molecule has 0 saturated carbocycles. The summed E-state index contributed by atoms with van der Waals surface area (Å²) in [6, 6.07) is 13.4. The molecule has 2 aliphatic rings. The monoisotopic (exact) mass is 388 g/mol. The maximum Gasteiger partial charge on any atom is 0.410 e. The highest BCUT2D eigenvalue weighted by atomic mass is 35.5. The summed E-state index contributed by atoms with van der Waals surface area (Å²) in [5, 5.41) is 8.50. The van der Waals surface area contributed by atoms with Crippen LogP contribution in [0, 0.1) is 0 Å². The van der Waals surface area contributed by atoms with Gasteiger partial charge in [0.15, 0.2) is 11.0 Å². The molecule has 7 nitrogen and oxygen atoms in total. The van der Waals surface area contributed by atoms with Crippen molar-refractivity contribution < 1.29 is 14.3 Å². The third-order valence-electron chi connectivity index (χ3n) is 4.96. The summed E-state index contributed by atoms with van der Waals surface area (Å²) >= 11 is 5.84. The van der Waals surface area contributed by atoms with Crippen LogP contribution in [-0.2, 0) is 16.1 Å². The molecule has 2 aromatic rings. The number of ether oxygens (including phenoxy) is 2. The molecule has 2 aliphatic heterocycles. The van der Waals surface area contributed by atoms with Crippen molar-refractivity contribution in [3.05, 3.63) is 53.2 Å². The Morgan fingerprint density at radius 3 is 2.81 bits per heavy atom. The maximum absolute atomic E-state index is 12.4. The number of halogens is 1. The van der Waals surface area contributed by atoms with Gasteiger partial charge < -0.3 is 19.3 Å². The number of morpholine rings is 1. The molecular formula is C19H21ClN4O3. The van der Waals surface area contributed by atoms with E-state index in [1.807, 2.05) is 36.4 Å². The lowest BCUT2D eigenvalue weighted by molar-refractivity contribution is -0.0336. The average Bonchev–Trinajstić information content (AvgIpc) is 2.72. The lowest BCUT2D eigenvalue weighted by atomic mass is 9.98. The van der Waals surface area contributed by atoms with Crippen molar-refractivity contribution >= 4 is 23.5 Å². The number of aromatic nitrogens is 2. The molecule has 142 valence electrons. The van der Waals surface area contributed by atoms with Gasteiger partial charge in [0.05, 0.1) is 25.3 Å². The highest BCUT2D eigenvalue weighted by Gasteiger charge is 2.39.